The second kappa shape index (κ2) is 3.47. The predicted molar refractivity (Wildman–Crippen MR) is 50.1 cm³/mol. The van der Waals surface area contributed by atoms with Crippen LogP contribution in [-0.4, -0.2) is 19.9 Å². The van der Waals surface area contributed by atoms with Crippen molar-refractivity contribution in [1.82, 2.24) is 14.8 Å². The first-order valence-electron chi connectivity index (χ1n) is 4.13. The van der Waals surface area contributed by atoms with Crippen LogP contribution in [0.25, 0.3) is 5.69 Å². The van der Waals surface area contributed by atoms with Gasteiger partial charge in [0, 0.05) is 0 Å². The van der Waals surface area contributed by atoms with Crippen LogP contribution < -0.4 is 5.69 Å². The minimum Gasteiger partial charge on any atom is -0.392 e. The van der Waals surface area contributed by atoms with Gasteiger partial charge in [0.1, 0.15) is 6.33 Å². The molecular formula is C9H9N3O2. The van der Waals surface area contributed by atoms with Gasteiger partial charge < -0.3 is 5.11 Å². The summed E-state index contributed by atoms with van der Waals surface area (Å²) >= 11 is 0. The highest BCUT2D eigenvalue weighted by Gasteiger charge is 2.00. The minimum atomic E-state index is -0.292. The fourth-order valence-electron chi connectivity index (χ4n) is 1.24. The van der Waals surface area contributed by atoms with Crippen molar-refractivity contribution in [1.29, 1.82) is 0 Å². The van der Waals surface area contributed by atoms with Crippen LogP contribution in [0.15, 0.2) is 35.4 Å². The zero-order valence-electron chi connectivity index (χ0n) is 7.34. The molecule has 0 radical (unpaired) electrons. The Hall–Kier alpha value is -1.88. The smallest absolute Gasteiger partial charge is 0.347 e. The summed E-state index contributed by atoms with van der Waals surface area (Å²) < 4.78 is 1.37. The van der Waals surface area contributed by atoms with Crippen molar-refractivity contribution in [3.05, 3.63) is 46.6 Å². The van der Waals surface area contributed by atoms with Gasteiger partial charge in [-0.3, -0.25) is 0 Å². The lowest BCUT2D eigenvalue weighted by Gasteiger charge is -2.01. The maximum atomic E-state index is 11.2. The highest BCUT2D eigenvalue weighted by molar-refractivity contribution is 5.34. The Bertz CT molecular complexity index is 487. The third-order valence-electron chi connectivity index (χ3n) is 1.92. The molecule has 72 valence electrons. The molecule has 1 heterocycles. The molecule has 0 aliphatic heterocycles. The second-order valence-electron chi connectivity index (χ2n) is 2.86. The third-order valence-corrected chi connectivity index (χ3v) is 1.92. The molecule has 0 atom stereocenters. The highest BCUT2D eigenvalue weighted by Crippen LogP contribution is 2.07. The maximum Gasteiger partial charge on any atom is 0.347 e. The Morgan fingerprint density at radius 3 is 3.00 bits per heavy atom. The van der Waals surface area contributed by atoms with Crippen LogP contribution >= 0.6 is 0 Å². The molecule has 0 saturated heterocycles. The normalized spacial score (nSPS) is 10.4. The summed E-state index contributed by atoms with van der Waals surface area (Å²) in [5, 5.41) is 14.8. The monoisotopic (exact) mass is 191 g/mol. The summed E-state index contributed by atoms with van der Waals surface area (Å²) in [6.45, 7) is -0.0412. The van der Waals surface area contributed by atoms with Crippen molar-refractivity contribution in [3.8, 4) is 5.69 Å². The first-order valence-corrected chi connectivity index (χ1v) is 4.13. The molecule has 2 aromatic rings. The molecule has 0 unspecified atom stereocenters. The fraction of sp³-hybridized carbons (Fsp3) is 0.111. The van der Waals surface area contributed by atoms with Gasteiger partial charge in [0.2, 0.25) is 0 Å². The van der Waals surface area contributed by atoms with Gasteiger partial charge in [-0.1, -0.05) is 12.1 Å². The van der Waals surface area contributed by atoms with E-state index in [0.29, 0.717) is 5.69 Å². The Morgan fingerprint density at radius 2 is 2.36 bits per heavy atom. The van der Waals surface area contributed by atoms with E-state index in [1.54, 1.807) is 24.3 Å². The largest absolute Gasteiger partial charge is 0.392 e. The minimum absolute atomic E-state index is 0.0412. The number of nitrogens with one attached hydrogen (secondary N) is 1. The van der Waals surface area contributed by atoms with E-state index in [1.807, 2.05) is 0 Å². The molecule has 0 spiro atoms. The second-order valence-corrected chi connectivity index (χ2v) is 2.86. The summed E-state index contributed by atoms with van der Waals surface area (Å²) in [4.78, 5) is 11.2. The van der Waals surface area contributed by atoms with Gasteiger partial charge in [-0.25, -0.2) is 14.5 Å². The fourth-order valence-corrected chi connectivity index (χ4v) is 1.24. The SMILES string of the molecule is O=c1[nH]ncn1-c1cccc(CO)c1. The van der Waals surface area contributed by atoms with Gasteiger partial charge in [0.05, 0.1) is 12.3 Å². The van der Waals surface area contributed by atoms with Gasteiger partial charge in [-0.2, -0.15) is 5.10 Å². The topological polar surface area (TPSA) is 70.9 Å². The number of hydrogen-bond acceptors (Lipinski definition) is 3. The molecule has 0 fully saturated rings. The average Bonchev–Trinajstić information content (AvgIpc) is 2.65. The molecule has 0 aliphatic carbocycles. The molecular weight excluding hydrogens is 182 g/mol. The van der Waals surface area contributed by atoms with Crippen molar-refractivity contribution < 1.29 is 5.11 Å². The van der Waals surface area contributed by atoms with E-state index in [0.717, 1.165) is 5.56 Å². The number of aromatic nitrogens is 3. The van der Waals surface area contributed by atoms with Crippen LogP contribution in [0.1, 0.15) is 5.56 Å². The Balaban J connectivity index is 2.52. The zero-order valence-corrected chi connectivity index (χ0v) is 7.34. The molecule has 2 N–H and O–H groups in total. The van der Waals surface area contributed by atoms with Crippen LogP contribution in [0.4, 0.5) is 0 Å². The molecule has 14 heavy (non-hydrogen) atoms. The van der Waals surface area contributed by atoms with Gasteiger partial charge in [0.25, 0.3) is 0 Å². The molecule has 1 aromatic heterocycles. The molecule has 0 amide bonds. The first kappa shape index (κ1) is 8.71. The van der Waals surface area contributed by atoms with Crippen LogP contribution in [0.3, 0.4) is 0 Å². The predicted octanol–water partition coefficient (Wildman–Crippen LogP) is 0.0529. The average molecular weight is 191 g/mol. The van der Waals surface area contributed by atoms with E-state index in [-0.39, 0.29) is 12.3 Å². The molecule has 0 saturated carbocycles. The van der Waals surface area contributed by atoms with Gasteiger partial charge in [-0.15, -0.1) is 0 Å². The number of benzene rings is 1. The summed E-state index contributed by atoms with van der Waals surface area (Å²) in [5.41, 5.74) is 1.16. The summed E-state index contributed by atoms with van der Waals surface area (Å²) in [6.07, 6.45) is 1.40. The zero-order chi connectivity index (χ0) is 9.97. The van der Waals surface area contributed by atoms with E-state index in [2.05, 4.69) is 10.2 Å². The summed E-state index contributed by atoms with van der Waals surface area (Å²) in [5.74, 6) is 0. The molecule has 1 aromatic carbocycles. The van der Waals surface area contributed by atoms with Gasteiger partial charge >= 0.3 is 5.69 Å². The lowest BCUT2D eigenvalue weighted by atomic mass is 10.2. The van der Waals surface area contributed by atoms with Crippen LogP contribution in [0.2, 0.25) is 0 Å². The number of aliphatic hydroxyl groups is 1. The molecule has 5 nitrogen and oxygen atoms in total. The number of aromatic amines is 1. The maximum absolute atomic E-state index is 11.2. The molecule has 2 rings (SSSR count). The Kier molecular flexibility index (Phi) is 2.16. The lowest BCUT2D eigenvalue weighted by molar-refractivity contribution is 0.282. The quantitative estimate of drug-likeness (QED) is 0.704. The van der Waals surface area contributed by atoms with E-state index < -0.39 is 0 Å². The van der Waals surface area contributed by atoms with Gasteiger partial charge in [0.15, 0.2) is 0 Å². The van der Waals surface area contributed by atoms with Crippen molar-refractivity contribution in [2.24, 2.45) is 0 Å². The number of H-pyrrole nitrogens is 1. The summed E-state index contributed by atoms with van der Waals surface area (Å²) in [7, 11) is 0. The van der Waals surface area contributed by atoms with Crippen LogP contribution in [0, 0.1) is 0 Å². The molecule has 0 aliphatic rings. The van der Waals surface area contributed by atoms with E-state index >= 15 is 0 Å². The number of hydrogen-bond donors (Lipinski definition) is 2. The van der Waals surface area contributed by atoms with Crippen LogP contribution in [0.5, 0.6) is 0 Å². The van der Waals surface area contributed by atoms with Crippen molar-refractivity contribution in [3.63, 3.8) is 0 Å². The number of aliphatic hydroxyl groups excluding tert-OH is 1. The number of rotatable bonds is 2. The van der Waals surface area contributed by atoms with Crippen molar-refractivity contribution >= 4 is 0 Å². The van der Waals surface area contributed by atoms with E-state index in [9.17, 15) is 4.79 Å². The van der Waals surface area contributed by atoms with Gasteiger partial charge in [-0.05, 0) is 17.7 Å². The Morgan fingerprint density at radius 1 is 1.50 bits per heavy atom. The van der Waals surface area contributed by atoms with E-state index in [1.165, 1.54) is 10.9 Å². The standard InChI is InChI=1S/C9H9N3O2/c13-5-7-2-1-3-8(4-7)12-6-10-11-9(12)14/h1-4,6,13H,5H2,(H,11,14). The molecule has 0 bridgehead atoms. The first-order chi connectivity index (χ1) is 6.81. The third kappa shape index (κ3) is 1.45. The highest BCUT2D eigenvalue weighted by atomic mass is 16.3. The van der Waals surface area contributed by atoms with Crippen molar-refractivity contribution in [2.45, 2.75) is 6.61 Å². The van der Waals surface area contributed by atoms with Crippen LogP contribution in [-0.2, 0) is 6.61 Å². The van der Waals surface area contributed by atoms with Crippen molar-refractivity contribution in [2.75, 3.05) is 0 Å². The lowest BCUT2D eigenvalue weighted by Crippen LogP contribution is -2.14. The summed E-state index contributed by atoms with van der Waals surface area (Å²) in [6, 6.07) is 7.07. The Labute approximate surface area is 79.6 Å². The van der Waals surface area contributed by atoms with E-state index in [4.69, 9.17) is 5.11 Å². The molecule has 5 heteroatoms. The number of nitrogens with zero attached hydrogens (tertiary/aromatic N) is 2.